The van der Waals surface area contributed by atoms with Gasteiger partial charge in [0.1, 0.15) is 5.76 Å². The van der Waals surface area contributed by atoms with E-state index in [9.17, 15) is 14.9 Å². The van der Waals surface area contributed by atoms with Gasteiger partial charge in [-0.3, -0.25) is 20.2 Å². The van der Waals surface area contributed by atoms with E-state index in [0.29, 0.717) is 22.0 Å². The van der Waals surface area contributed by atoms with Gasteiger partial charge in [-0.25, -0.2) is 0 Å². The Balaban J connectivity index is 1.71. The molecule has 0 radical (unpaired) electrons. The topological polar surface area (TPSA) is 97.4 Å². The number of nitro benzene ring substituents is 1. The predicted octanol–water partition coefficient (Wildman–Crippen LogP) is 5.94. The molecule has 0 atom stereocenters. The minimum Gasteiger partial charge on any atom is -0.451 e. The van der Waals surface area contributed by atoms with Crippen LogP contribution in [0.15, 0.2) is 52.9 Å². The molecule has 0 aliphatic heterocycles. The second kappa shape index (κ2) is 8.79. The fraction of sp³-hybridized carbons (Fsp3) is 0. The van der Waals surface area contributed by atoms with Gasteiger partial charge in [-0.1, -0.05) is 46.9 Å². The highest BCUT2D eigenvalue weighted by Crippen LogP contribution is 2.33. The zero-order chi connectivity index (χ0) is 21.1. The minimum atomic E-state index is -0.625. The Bertz CT molecular complexity index is 1110. The van der Waals surface area contributed by atoms with Crippen LogP contribution in [0.5, 0.6) is 0 Å². The number of thiocarbonyl (C=S) groups is 1. The average molecular weight is 471 g/mol. The van der Waals surface area contributed by atoms with Crippen molar-refractivity contribution < 1.29 is 14.1 Å². The van der Waals surface area contributed by atoms with E-state index in [0.717, 1.165) is 0 Å². The van der Waals surface area contributed by atoms with Crippen molar-refractivity contribution in [1.29, 1.82) is 0 Å². The van der Waals surface area contributed by atoms with E-state index < -0.39 is 10.8 Å². The Morgan fingerprint density at radius 2 is 1.76 bits per heavy atom. The van der Waals surface area contributed by atoms with Crippen LogP contribution in [0.4, 0.5) is 11.4 Å². The number of hydrogen-bond acceptors (Lipinski definition) is 5. The Labute approximate surface area is 184 Å². The molecule has 3 aromatic rings. The molecule has 148 valence electrons. The first-order chi connectivity index (χ1) is 13.7. The highest BCUT2D eigenvalue weighted by molar-refractivity contribution is 7.80. The fourth-order valence-electron chi connectivity index (χ4n) is 2.36. The van der Waals surface area contributed by atoms with Gasteiger partial charge in [0, 0.05) is 22.7 Å². The molecular weight excluding hydrogens is 461 g/mol. The lowest BCUT2D eigenvalue weighted by molar-refractivity contribution is -0.384. The van der Waals surface area contributed by atoms with Crippen LogP contribution in [-0.2, 0) is 0 Å². The Morgan fingerprint density at radius 1 is 1.07 bits per heavy atom. The smallest absolute Gasteiger partial charge is 0.293 e. The summed E-state index contributed by atoms with van der Waals surface area (Å²) in [6.07, 6.45) is 0. The first-order valence-electron chi connectivity index (χ1n) is 7.86. The van der Waals surface area contributed by atoms with Crippen molar-refractivity contribution in [3.8, 4) is 11.3 Å². The van der Waals surface area contributed by atoms with Crippen LogP contribution in [0.2, 0.25) is 15.1 Å². The van der Waals surface area contributed by atoms with Crippen molar-refractivity contribution in [2.24, 2.45) is 0 Å². The van der Waals surface area contributed by atoms with Gasteiger partial charge in [-0.2, -0.15) is 0 Å². The number of rotatable bonds is 4. The van der Waals surface area contributed by atoms with Crippen LogP contribution in [0.3, 0.4) is 0 Å². The van der Waals surface area contributed by atoms with Crippen molar-refractivity contribution in [2.45, 2.75) is 0 Å². The highest BCUT2D eigenvalue weighted by Gasteiger charge is 2.16. The maximum atomic E-state index is 12.4. The largest absolute Gasteiger partial charge is 0.451 e. The maximum Gasteiger partial charge on any atom is 0.293 e. The standard InChI is InChI=1S/C18H10Cl3N3O4S/c19-10-7-12(20)16(13(21)8-10)22-18(29)23-17(25)15-5-4-14(28-15)9-2-1-3-11(6-9)24(26)27/h1-8H,(H2,22,23,25,29). The third-order valence-corrected chi connectivity index (χ3v) is 4.66. The van der Waals surface area contributed by atoms with Gasteiger partial charge in [0.2, 0.25) is 0 Å². The number of nitrogens with one attached hydrogen (secondary N) is 2. The average Bonchev–Trinajstić information content (AvgIpc) is 3.15. The molecule has 0 saturated carbocycles. The molecule has 2 aromatic carbocycles. The van der Waals surface area contributed by atoms with Gasteiger partial charge < -0.3 is 9.73 Å². The van der Waals surface area contributed by atoms with Crippen molar-refractivity contribution in [3.05, 3.63) is 79.5 Å². The summed E-state index contributed by atoms with van der Waals surface area (Å²) in [7, 11) is 0. The lowest BCUT2D eigenvalue weighted by Gasteiger charge is -2.12. The summed E-state index contributed by atoms with van der Waals surface area (Å²) in [4.78, 5) is 22.7. The van der Waals surface area contributed by atoms with E-state index in [4.69, 9.17) is 51.4 Å². The van der Waals surface area contributed by atoms with E-state index in [-0.39, 0.29) is 26.6 Å². The van der Waals surface area contributed by atoms with E-state index in [1.54, 1.807) is 6.07 Å². The van der Waals surface area contributed by atoms with Crippen LogP contribution in [0.1, 0.15) is 10.6 Å². The van der Waals surface area contributed by atoms with E-state index >= 15 is 0 Å². The number of carbonyl (C=O) groups is 1. The minimum absolute atomic E-state index is 0.0380. The maximum absolute atomic E-state index is 12.4. The second-order valence-corrected chi connectivity index (χ2v) is 7.28. The molecule has 0 aliphatic carbocycles. The van der Waals surface area contributed by atoms with Crippen LogP contribution in [0.25, 0.3) is 11.3 Å². The number of benzene rings is 2. The summed E-state index contributed by atoms with van der Waals surface area (Å²) < 4.78 is 5.49. The molecular formula is C18H10Cl3N3O4S. The van der Waals surface area contributed by atoms with Crippen molar-refractivity contribution in [1.82, 2.24) is 5.32 Å². The number of nitro groups is 1. The molecule has 2 N–H and O–H groups in total. The number of halogens is 3. The van der Waals surface area contributed by atoms with Crippen molar-refractivity contribution >= 4 is 69.4 Å². The molecule has 1 aromatic heterocycles. The number of nitrogens with zero attached hydrogens (tertiary/aromatic N) is 1. The number of amides is 1. The Kier molecular flexibility index (Phi) is 6.39. The molecule has 0 spiro atoms. The summed E-state index contributed by atoms with van der Waals surface area (Å²) in [5, 5.41) is 16.8. The molecule has 1 amide bonds. The lowest BCUT2D eigenvalue weighted by Crippen LogP contribution is -2.34. The number of furan rings is 1. The van der Waals surface area contributed by atoms with Gasteiger partial charge in [0.15, 0.2) is 10.9 Å². The summed E-state index contributed by atoms with van der Waals surface area (Å²) in [6, 6.07) is 11.7. The summed E-state index contributed by atoms with van der Waals surface area (Å²) in [5.41, 5.74) is 0.658. The number of carbonyl (C=O) groups excluding carboxylic acids is 1. The molecule has 0 unspecified atom stereocenters. The Hall–Kier alpha value is -2.65. The SMILES string of the molecule is O=C(NC(=S)Nc1c(Cl)cc(Cl)cc1Cl)c1ccc(-c2cccc([N+](=O)[O-])c2)o1. The van der Waals surface area contributed by atoms with Crippen LogP contribution < -0.4 is 10.6 Å². The summed E-state index contributed by atoms with van der Waals surface area (Å²) >= 11 is 23.1. The van der Waals surface area contributed by atoms with Crippen molar-refractivity contribution in [2.75, 3.05) is 5.32 Å². The molecule has 11 heteroatoms. The number of anilines is 1. The van der Waals surface area contributed by atoms with E-state index in [1.807, 2.05) is 0 Å². The number of hydrogen-bond donors (Lipinski definition) is 2. The van der Waals surface area contributed by atoms with Gasteiger partial charge in [0.25, 0.3) is 11.6 Å². The van der Waals surface area contributed by atoms with Gasteiger partial charge in [-0.05, 0) is 36.5 Å². The first-order valence-corrected chi connectivity index (χ1v) is 9.40. The lowest BCUT2D eigenvalue weighted by atomic mass is 10.1. The van der Waals surface area contributed by atoms with Gasteiger partial charge in [0.05, 0.1) is 20.7 Å². The zero-order valence-electron chi connectivity index (χ0n) is 14.2. The zero-order valence-corrected chi connectivity index (χ0v) is 17.3. The van der Waals surface area contributed by atoms with Gasteiger partial charge in [-0.15, -0.1) is 0 Å². The molecule has 3 rings (SSSR count). The molecule has 0 fully saturated rings. The van der Waals surface area contributed by atoms with Crippen molar-refractivity contribution in [3.63, 3.8) is 0 Å². The van der Waals surface area contributed by atoms with Crippen LogP contribution in [-0.4, -0.2) is 15.9 Å². The summed E-state index contributed by atoms with van der Waals surface area (Å²) in [5.74, 6) is -0.370. The molecule has 0 saturated heterocycles. The normalized spacial score (nSPS) is 10.4. The number of non-ortho nitro benzene ring substituents is 1. The molecule has 7 nitrogen and oxygen atoms in total. The molecule has 1 heterocycles. The third kappa shape index (κ3) is 5.04. The molecule has 29 heavy (non-hydrogen) atoms. The highest BCUT2D eigenvalue weighted by atomic mass is 35.5. The van der Waals surface area contributed by atoms with Crippen LogP contribution >= 0.6 is 47.0 Å². The fourth-order valence-corrected chi connectivity index (χ4v) is 3.47. The predicted molar refractivity (Wildman–Crippen MR) is 116 cm³/mol. The van der Waals surface area contributed by atoms with E-state index in [2.05, 4.69) is 10.6 Å². The summed E-state index contributed by atoms with van der Waals surface area (Å²) in [6.45, 7) is 0. The Morgan fingerprint density at radius 3 is 2.41 bits per heavy atom. The third-order valence-electron chi connectivity index (χ3n) is 3.64. The van der Waals surface area contributed by atoms with Gasteiger partial charge >= 0.3 is 0 Å². The quantitative estimate of drug-likeness (QED) is 0.278. The molecule has 0 bridgehead atoms. The van der Waals surface area contributed by atoms with E-state index in [1.165, 1.54) is 42.5 Å². The van der Waals surface area contributed by atoms with Crippen LogP contribution in [0, 0.1) is 10.1 Å². The molecule has 0 aliphatic rings. The first kappa shape index (κ1) is 21.1. The second-order valence-electron chi connectivity index (χ2n) is 5.62. The monoisotopic (exact) mass is 469 g/mol.